The van der Waals surface area contributed by atoms with Crippen LogP contribution in [0.5, 0.6) is 0 Å². The van der Waals surface area contributed by atoms with Crippen LogP contribution >= 0.6 is 0 Å². The minimum Gasteiger partial charge on any atom is -0.397 e. The fraction of sp³-hybridized carbons (Fsp3) is 0.250. The fourth-order valence-electron chi connectivity index (χ4n) is 2.11. The molecule has 19 heavy (non-hydrogen) atoms. The largest absolute Gasteiger partial charge is 0.397 e. The molecule has 0 spiro atoms. The molecule has 0 saturated heterocycles. The monoisotopic (exact) mass is 258 g/mol. The summed E-state index contributed by atoms with van der Waals surface area (Å²) < 4.78 is 13.1. The Morgan fingerprint density at radius 1 is 1.11 bits per heavy atom. The summed E-state index contributed by atoms with van der Waals surface area (Å²) in [4.78, 5) is 2.17. The molecule has 3 heteroatoms. The van der Waals surface area contributed by atoms with E-state index in [0.717, 1.165) is 12.2 Å². The van der Waals surface area contributed by atoms with E-state index in [-0.39, 0.29) is 11.9 Å². The lowest BCUT2D eigenvalue weighted by atomic mass is 10.1. The van der Waals surface area contributed by atoms with Crippen molar-refractivity contribution in [2.24, 2.45) is 0 Å². The second-order valence-corrected chi connectivity index (χ2v) is 4.91. The van der Waals surface area contributed by atoms with Crippen molar-refractivity contribution in [2.45, 2.75) is 26.4 Å². The molecule has 0 aliphatic carbocycles. The first-order chi connectivity index (χ1) is 9.08. The van der Waals surface area contributed by atoms with E-state index in [2.05, 4.69) is 30.9 Å². The van der Waals surface area contributed by atoms with Crippen LogP contribution in [0.2, 0.25) is 0 Å². The van der Waals surface area contributed by atoms with Crippen LogP contribution in [0.1, 0.15) is 19.4 Å². The van der Waals surface area contributed by atoms with Gasteiger partial charge in [0.05, 0.1) is 11.4 Å². The van der Waals surface area contributed by atoms with Crippen LogP contribution in [0.4, 0.5) is 15.8 Å². The van der Waals surface area contributed by atoms with Crippen molar-refractivity contribution in [3.8, 4) is 0 Å². The van der Waals surface area contributed by atoms with Crippen LogP contribution < -0.4 is 10.6 Å². The summed E-state index contributed by atoms with van der Waals surface area (Å²) in [6, 6.07) is 15.0. The summed E-state index contributed by atoms with van der Waals surface area (Å²) >= 11 is 0. The van der Waals surface area contributed by atoms with Crippen LogP contribution in [-0.2, 0) is 6.54 Å². The maximum absolute atomic E-state index is 13.1. The topological polar surface area (TPSA) is 29.3 Å². The van der Waals surface area contributed by atoms with Crippen molar-refractivity contribution in [3.63, 3.8) is 0 Å². The Balaban J connectivity index is 2.30. The molecule has 2 aromatic carbocycles. The Bertz CT molecular complexity index is 538. The zero-order valence-electron chi connectivity index (χ0n) is 11.3. The van der Waals surface area contributed by atoms with E-state index in [4.69, 9.17) is 5.73 Å². The Labute approximate surface area is 113 Å². The molecule has 2 nitrogen and oxygen atoms in total. The Morgan fingerprint density at radius 3 is 2.37 bits per heavy atom. The van der Waals surface area contributed by atoms with Crippen molar-refractivity contribution in [1.82, 2.24) is 0 Å². The van der Waals surface area contributed by atoms with Crippen molar-refractivity contribution in [3.05, 3.63) is 59.9 Å². The highest BCUT2D eigenvalue weighted by Gasteiger charge is 2.14. The van der Waals surface area contributed by atoms with Crippen LogP contribution in [0.15, 0.2) is 48.5 Å². The maximum atomic E-state index is 13.1. The summed E-state index contributed by atoms with van der Waals surface area (Å²) in [6.07, 6.45) is 0. The van der Waals surface area contributed by atoms with Crippen LogP contribution in [-0.4, -0.2) is 6.04 Å². The fourth-order valence-corrected chi connectivity index (χ4v) is 2.11. The number of nitrogens with zero attached hydrogens (tertiary/aromatic N) is 1. The van der Waals surface area contributed by atoms with Crippen LogP contribution in [0, 0.1) is 5.82 Å². The van der Waals surface area contributed by atoms with Gasteiger partial charge >= 0.3 is 0 Å². The molecule has 0 radical (unpaired) electrons. The molecular formula is C16H19FN2. The average molecular weight is 258 g/mol. The Hall–Kier alpha value is -2.03. The van der Waals surface area contributed by atoms with Gasteiger partial charge in [-0.25, -0.2) is 4.39 Å². The molecule has 0 aliphatic rings. The first kappa shape index (κ1) is 13.4. The van der Waals surface area contributed by atoms with Gasteiger partial charge in [0.2, 0.25) is 0 Å². The zero-order chi connectivity index (χ0) is 13.8. The lowest BCUT2D eigenvalue weighted by Gasteiger charge is -2.30. The third-order valence-electron chi connectivity index (χ3n) is 3.12. The molecule has 0 fully saturated rings. The maximum Gasteiger partial charge on any atom is 0.125 e. The van der Waals surface area contributed by atoms with E-state index >= 15 is 0 Å². The lowest BCUT2D eigenvalue weighted by molar-refractivity contribution is 0.626. The smallest absolute Gasteiger partial charge is 0.125 e. The predicted molar refractivity (Wildman–Crippen MR) is 78.6 cm³/mol. The molecule has 0 bridgehead atoms. The molecule has 2 N–H and O–H groups in total. The van der Waals surface area contributed by atoms with Crippen molar-refractivity contribution < 1.29 is 4.39 Å². The average Bonchev–Trinajstić information content (AvgIpc) is 2.38. The number of rotatable bonds is 4. The second-order valence-electron chi connectivity index (χ2n) is 4.91. The van der Waals surface area contributed by atoms with E-state index in [9.17, 15) is 4.39 Å². The quantitative estimate of drug-likeness (QED) is 0.845. The standard InChI is InChI=1S/C16H19FN2/c1-12(2)19(11-13-6-4-3-5-7-13)16-9-8-14(17)10-15(16)18/h3-10,12H,11,18H2,1-2H3. The van der Waals surface area contributed by atoms with Gasteiger partial charge in [-0.3, -0.25) is 0 Å². The predicted octanol–water partition coefficient (Wildman–Crippen LogP) is 3.82. The highest BCUT2D eigenvalue weighted by molar-refractivity contribution is 5.68. The van der Waals surface area contributed by atoms with Gasteiger partial charge in [-0.05, 0) is 37.6 Å². The van der Waals surface area contributed by atoms with E-state index in [0.29, 0.717) is 5.69 Å². The number of anilines is 2. The Kier molecular flexibility index (Phi) is 4.05. The van der Waals surface area contributed by atoms with E-state index in [1.54, 1.807) is 6.07 Å². The van der Waals surface area contributed by atoms with Gasteiger partial charge in [-0.2, -0.15) is 0 Å². The number of hydrogen-bond acceptors (Lipinski definition) is 2. The van der Waals surface area contributed by atoms with Crippen molar-refractivity contribution in [2.75, 3.05) is 10.6 Å². The number of benzene rings is 2. The summed E-state index contributed by atoms with van der Waals surface area (Å²) in [5.41, 5.74) is 8.49. The zero-order valence-corrected chi connectivity index (χ0v) is 11.3. The molecule has 0 heterocycles. The third-order valence-corrected chi connectivity index (χ3v) is 3.12. The number of halogens is 1. The molecule has 0 amide bonds. The Morgan fingerprint density at radius 2 is 1.79 bits per heavy atom. The minimum atomic E-state index is -0.301. The van der Waals surface area contributed by atoms with Gasteiger partial charge < -0.3 is 10.6 Å². The summed E-state index contributed by atoms with van der Waals surface area (Å²) in [6.45, 7) is 4.96. The number of hydrogen-bond donors (Lipinski definition) is 1. The summed E-state index contributed by atoms with van der Waals surface area (Å²) in [7, 11) is 0. The molecule has 2 rings (SSSR count). The number of nitrogens with two attached hydrogens (primary N) is 1. The van der Waals surface area contributed by atoms with Crippen molar-refractivity contribution >= 4 is 11.4 Å². The molecule has 0 aliphatic heterocycles. The molecule has 2 aromatic rings. The molecule has 100 valence electrons. The first-order valence-corrected chi connectivity index (χ1v) is 6.43. The minimum absolute atomic E-state index is 0.285. The summed E-state index contributed by atoms with van der Waals surface area (Å²) in [5, 5.41) is 0. The van der Waals surface area contributed by atoms with Crippen LogP contribution in [0.25, 0.3) is 0 Å². The van der Waals surface area contributed by atoms with Gasteiger partial charge in [-0.15, -0.1) is 0 Å². The summed E-state index contributed by atoms with van der Waals surface area (Å²) in [5.74, 6) is -0.301. The molecular weight excluding hydrogens is 239 g/mol. The lowest BCUT2D eigenvalue weighted by Crippen LogP contribution is -2.30. The van der Waals surface area contributed by atoms with E-state index < -0.39 is 0 Å². The van der Waals surface area contributed by atoms with Gasteiger partial charge in [-0.1, -0.05) is 30.3 Å². The molecule has 0 unspecified atom stereocenters. The van der Waals surface area contributed by atoms with Gasteiger partial charge in [0.1, 0.15) is 5.82 Å². The normalized spacial score (nSPS) is 10.7. The van der Waals surface area contributed by atoms with Gasteiger partial charge in [0.25, 0.3) is 0 Å². The van der Waals surface area contributed by atoms with Crippen LogP contribution in [0.3, 0.4) is 0 Å². The molecule has 0 aromatic heterocycles. The third kappa shape index (κ3) is 3.25. The highest BCUT2D eigenvalue weighted by atomic mass is 19.1. The number of nitrogen functional groups attached to an aromatic ring is 1. The first-order valence-electron chi connectivity index (χ1n) is 6.43. The van der Waals surface area contributed by atoms with Gasteiger partial charge in [0, 0.05) is 12.6 Å². The van der Waals surface area contributed by atoms with Gasteiger partial charge in [0.15, 0.2) is 0 Å². The second kappa shape index (κ2) is 5.74. The SMILES string of the molecule is CC(C)N(Cc1ccccc1)c1ccc(F)cc1N. The van der Waals surface area contributed by atoms with E-state index in [1.165, 1.54) is 17.7 Å². The highest BCUT2D eigenvalue weighted by Crippen LogP contribution is 2.27. The molecule has 0 atom stereocenters. The molecule has 0 saturated carbocycles. The van der Waals surface area contributed by atoms with Crippen molar-refractivity contribution in [1.29, 1.82) is 0 Å². The van der Waals surface area contributed by atoms with E-state index in [1.807, 2.05) is 18.2 Å².